The summed E-state index contributed by atoms with van der Waals surface area (Å²) in [5.74, 6) is 0. The van der Waals surface area contributed by atoms with Gasteiger partial charge in [-0.1, -0.05) is 41.9 Å². The quantitative estimate of drug-likeness (QED) is 0.947. The zero-order valence-corrected chi connectivity index (χ0v) is 11.9. The van der Waals surface area contributed by atoms with Crippen LogP contribution in [0.2, 0.25) is 5.02 Å². The Hall–Kier alpha value is -1.36. The molecule has 0 aliphatic carbocycles. The fourth-order valence-electron chi connectivity index (χ4n) is 1.83. The second kappa shape index (κ2) is 5.33. The predicted octanol–water partition coefficient (Wildman–Crippen LogP) is 2.79. The minimum absolute atomic E-state index is 0.280. The molecule has 0 bridgehead atoms. The molecule has 2 N–H and O–H groups in total. The van der Waals surface area contributed by atoms with Crippen LogP contribution in [0, 0.1) is 0 Å². The Morgan fingerprint density at radius 3 is 2.16 bits per heavy atom. The zero-order valence-electron chi connectivity index (χ0n) is 10.4. The van der Waals surface area contributed by atoms with Crippen molar-refractivity contribution in [2.75, 3.05) is 6.26 Å². The first kappa shape index (κ1) is 14.1. The smallest absolute Gasteiger partial charge is 0.175 e. The third-order valence-electron chi connectivity index (χ3n) is 2.91. The number of nitrogens with two attached hydrogens (primary N) is 1. The molecule has 5 heteroatoms. The van der Waals surface area contributed by atoms with Crippen molar-refractivity contribution in [3.63, 3.8) is 0 Å². The van der Waals surface area contributed by atoms with Crippen LogP contribution in [-0.4, -0.2) is 14.7 Å². The van der Waals surface area contributed by atoms with E-state index in [0.29, 0.717) is 5.02 Å². The van der Waals surface area contributed by atoms with Gasteiger partial charge < -0.3 is 5.73 Å². The molecule has 100 valence electrons. The summed E-state index contributed by atoms with van der Waals surface area (Å²) >= 11 is 6.10. The molecule has 0 heterocycles. The second-order valence-corrected chi connectivity index (χ2v) is 6.76. The van der Waals surface area contributed by atoms with Gasteiger partial charge in [0.1, 0.15) is 0 Å². The van der Waals surface area contributed by atoms with Gasteiger partial charge in [-0.2, -0.15) is 0 Å². The SMILES string of the molecule is CS(=O)(=O)c1ccc(C(N)c2ccccc2Cl)cc1. The summed E-state index contributed by atoms with van der Waals surface area (Å²) < 4.78 is 22.8. The van der Waals surface area contributed by atoms with E-state index < -0.39 is 9.84 Å². The summed E-state index contributed by atoms with van der Waals surface area (Å²) in [5.41, 5.74) is 7.78. The van der Waals surface area contributed by atoms with E-state index in [2.05, 4.69) is 0 Å². The molecule has 0 saturated carbocycles. The molecule has 1 unspecified atom stereocenters. The minimum atomic E-state index is -3.18. The van der Waals surface area contributed by atoms with Crippen molar-refractivity contribution in [1.29, 1.82) is 0 Å². The first-order valence-electron chi connectivity index (χ1n) is 5.69. The van der Waals surface area contributed by atoms with Crippen molar-refractivity contribution in [2.24, 2.45) is 5.73 Å². The van der Waals surface area contributed by atoms with Gasteiger partial charge in [0.05, 0.1) is 10.9 Å². The Labute approximate surface area is 117 Å². The molecule has 0 spiro atoms. The summed E-state index contributed by atoms with van der Waals surface area (Å²) in [5, 5.41) is 0.599. The lowest BCUT2D eigenvalue weighted by atomic mass is 10.00. The largest absolute Gasteiger partial charge is 0.320 e. The van der Waals surface area contributed by atoms with E-state index in [1.807, 2.05) is 18.2 Å². The maximum absolute atomic E-state index is 11.4. The van der Waals surface area contributed by atoms with Crippen LogP contribution in [0.5, 0.6) is 0 Å². The van der Waals surface area contributed by atoms with Gasteiger partial charge in [-0.3, -0.25) is 0 Å². The lowest BCUT2D eigenvalue weighted by molar-refractivity contribution is 0.602. The van der Waals surface area contributed by atoms with Crippen molar-refractivity contribution >= 4 is 21.4 Å². The van der Waals surface area contributed by atoms with Crippen LogP contribution in [0.25, 0.3) is 0 Å². The van der Waals surface area contributed by atoms with Gasteiger partial charge in [0.2, 0.25) is 0 Å². The molecule has 2 rings (SSSR count). The standard InChI is InChI=1S/C14H14ClNO2S/c1-19(17,18)11-8-6-10(7-9-11)14(16)12-4-2-3-5-13(12)15/h2-9,14H,16H2,1H3. The lowest BCUT2D eigenvalue weighted by Crippen LogP contribution is -2.12. The molecule has 0 aliphatic rings. The van der Waals surface area contributed by atoms with Crippen LogP contribution in [0.1, 0.15) is 17.2 Å². The maximum Gasteiger partial charge on any atom is 0.175 e. The first-order chi connectivity index (χ1) is 8.89. The van der Waals surface area contributed by atoms with Gasteiger partial charge >= 0.3 is 0 Å². The van der Waals surface area contributed by atoms with E-state index in [1.165, 1.54) is 6.26 Å². The average molecular weight is 296 g/mol. The highest BCUT2D eigenvalue weighted by Crippen LogP contribution is 2.26. The van der Waals surface area contributed by atoms with Gasteiger partial charge in [0.15, 0.2) is 9.84 Å². The van der Waals surface area contributed by atoms with Crippen molar-refractivity contribution in [3.8, 4) is 0 Å². The Kier molecular flexibility index (Phi) is 3.94. The lowest BCUT2D eigenvalue weighted by Gasteiger charge is -2.14. The highest BCUT2D eigenvalue weighted by atomic mass is 35.5. The van der Waals surface area contributed by atoms with Gasteiger partial charge in [-0.15, -0.1) is 0 Å². The average Bonchev–Trinajstić information content (AvgIpc) is 2.38. The molecule has 19 heavy (non-hydrogen) atoms. The number of halogens is 1. The number of hydrogen-bond donors (Lipinski definition) is 1. The summed E-state index contributed by atoms with van der Waals surface area (Å²) in [7, 11) is -3.18. The maximum atomic E-state index is 11.4. The normalized spacial score (nSPS) is 13.2. The molecule has 0 aromatic heterocycles. The summed E-state index contributed by atoms with van der Waals surface area (Å²) in [6, 6.07) is 13.5. The van der Waals surface area contributed by atoms with Crippen LogP contribution in [0.3, 0.4) is 0 Å². The van der Waals surface area contributed by atoms with Crippen molar-refractivity contribution < 1.29 is 8.42 Å². The highest BCUT2D eigenvalue weighted by molar-refractivity contribution is 7.90. The Morgan fingerprint density at radius 2 is 1.63 bits per heavy atom. The fraction of sp³-hybridized carbons (Fsp3) is 0.143. The minimum Gasteiger partial charge on any atom is -0.320 e. The predicted molar refractivity (Wildman–Crippen MR) is 77.0 cm³/mol. The number of sulfone groups is 1. The van der Waals surface area contributed by atoms with Gasteiger partial charge in [-0.05, 0) is 29.3 Å². The van der Waals surface area contributed by atoms with E-state index in [0.717, 1.165) is 11.1 Å². The molecule has 0 amide bonds. The van der Waals surface area contributed by atoms with E-state index in [1.54, 1.807) is 30.3 Å². The summed E-state index contributed by atoms with van der Waals surface area (Å²) in [6.45, 7) is 0. The molecular weight excluding hydrogens is 282 g/mol. The van der Waals surface area contributed by atoms with Crippen LogP contribution < -0.4 is 5.73 Å². The van der Waals surface area contributed by atoms with Crippen LogP contribution in [-0.2, 0) is 9.84 Å². The number of rotatable bonds is 3. The Bertz CT molecular complexity index is 681. The van der Waals surface area contributed by atoms with Crippen molar-refractivity contribution in [3.05, 3.63) is 64.7 Å². The fourth-order valence-corrected chi connectivity index (χ4v) is 2.71. The molecule has 0 saturated heterocycles. The molecular formula is C14H14ClNO2S. The molecule has 0 radical (unpaired) electrons. The monoisotopic (exact) mass is 295 g/mol. The third kappa shape index (κ3) is 3.15. The topological polar surface area (TPSA) is 60.2 Å². The van der Waals surface area contributed by atoms with E-state index >= 15 is 0 Å². The van der Waals surface area contributed by atoms with Gasteiger partial charge in [0, 0.05) is 11.3 Å². The van der Waals surface area contributed by atoms with Crippen molar-refractivity contribution in [1.82, 2.24) is 0 Å². The zero-order chi connectivity index (χ0) is 14.0. The Morgan fingerprint density at radius 1 is 1.05 bits per heavy atom. The molecule has 0 fully saturated rings. The van der Waals surface area contributed by atoms with Gasteiger partial charge in [-0.25, -0.2) is 8.42 Å². The Balaban J connectivity index is 2.36. The molecule has 1 atom stereocenters. The van der Waals surface area contributed by atoms with Crippen molar-refractivity contribution in [2.45, 2.75) is 10.9 Å². The molecule has 2 aromatic carbocycles. The van der Waals surface area contributed by atoms with Crippen LogP contribution in [0.15, 0.2) is 53.4 Å². The third-order valence-corrected chi connectivity index (χ3v) is 4.38. The van der Waals surface area contributed by atoms with E-state index in [-0.39, 0.29) is 10.9 Å². The molecule has 2 aromatic rings. The summed E-state index contributed by atoms with van der Waals surface area (Å²) in [4.78, 5) is 0.280. The highest BCUT2D eigenvalue weighted by Gasteiger charge is 2.13. The number of benzene rings is 2. The van der Waals surface area contributed by atoms with Gasteiger partial charge in [0.25, 0.3) is 0 Å². The second-order valence-electron chi connectivity index (χ2n) is 4.34. The first-order valence-corrected chi connectivity index (χ1v) is 7.96. The summed E-state index contributed by atoms with van der Waals surface area (Å²) in [6.07, 6.45) is 1.18. The van der Waals surface area contributed by atoms with Crippen LogP contribution in [0.4, 0.5) is 0 Å². The number of hydrogen-bond acceptors (Lipinski definition) is 3. The van der Waals surface area contributed by atoms with E-state index in [4.69, 9.17) is 17.3 Å². The molecule has 3 nitrogen and oxygen atoms in total. The molecule has 0 aliphatic heterocycles. The van der Waals surface area contributed by atoms with E-state index in [9.17, 15) is 8.42 Å². The van der Waals surface area contributed by atoms with Crippen LogP contribution >= 0.6 is 11.6 Å².